The first-order valence-electron chi connectivity index (χ1n) is 8.35. The van der Waals surface area contributed by atoms with Gasteiger partial charge in [0, 0.05) is 10.7 Å². The van der Waals surface area contributed by atoms with Crippen LogP contribution in [-0.4, -0.2) is 15.8 Å². The van der Waals surface area contributed by atoms with Crippen LogP contribution >= 0.6 is 11.6 Å². The van der Waals surface area contributed by atoms with Gasteiger partial charge in [-0.15, -0.1) is 0 Å². The third kappa shape index (κ3) is 4.24. The molecule has 0 bridgehead atoms. The number of nitrogens with one attached hydrogen (secondary N) is 2. The summed E-state index contributed by atoms with van der Waals surface area (Å²) in [6.07, 6.45) is 0. The van der Waals surface area contributed by atoms with Gasteiger partial charge in [-0.3, -0.25) is 4.68 Å². The zero-order chi connectivity index (χ0) is 18.7. The van der Waals surface area contributed by atoms with Gasteiger partial charge in [-0.25, -0.2) is 4.79 Å². The Bertz CT molecular complexity index is 931. The summed E-state index contributed by atoms with van der Waals surface area (Å²) in [5, 5.41) is 10.9. The van der Waals surface area contributed by atoms with E-state index < -0.39 is 0 Å². The molecule has 0 aliphatic heterocycles. The third-order valence-electron chi connectivity index (χ3n) is 4.14. The smallest absolute Gasteiger partial charge is 0.308 e. The molecule has 6 heteroatoms. The topological polar surface area (TPSA) is 59.0 Å². The molecule has 0 aliphatic carbocycles. The van der Waals surface area contributed by atoms with Crippen molar-refractivity contribution in [2.24, 2.45) is 0 Å². The molecule has 134 valence electrons. The first kappa shape index (κ1) is 18.0. The van der Waals surface area contributed by atoms with E-state index in [1.807, 2.05) is 24.6 Å². The highest BCUT2D eigenvalue weighted by Gasteiger charge is 2.14. The van der Waals surface area contributed by atoms with E-state index in [1.54, 1.807) is 24.3 Å². The molecule has 5 nitrogen and oxygen atoms in total. The molecule has 0 unspecified atom stereocenters. The zero-order valence-electron chi connectivity index (χ0n) is 15.0. The standard InChI is InChI=1S/C20H21ClN4O/c1-13-5-4-6-16(11-13)12-25-15(3)19(14(2)24-25)23-20(26)22-18-9-7-17(21)8-10-18/h4-11H,12H2,1-3H3,(H2,22,23,26). The van der Waals surface area contributed by atoms with Crippen molar-refractivity contribution in [1.82, 2.24) is 9.78 Å². The summed E-state index contributed by atoms with van der Waals surface area (Å²) in [6.45, 7) is 6.57. The minimum absolute atomic E-state index is 0.311. The van der Waals surface area contributed by atoms with Gasteiger partial charge in [-0.05, 0) is 50.6 Å². The summed E-state index contributed by atoms with van der Waals surface area (Å²) in [6, 6.07) is 15.0. The number of amides is 2. The Labute approximate surface area is 158 Å². The molecule has 3 rings (SSSR count). The Hall–Kier alpha value is -2.79. The molecule has 26 heavy (non-hydrogen) atoms. The highest BCUT2D eigenvalue weighted by molar-refractivity contribution is 6.30. The Morgan fingerprint density at radius 2 is 1.81 bits per heavy atom. The molecule has 0 aliphatic rings. The first-order chi connectivity index (χ1) is 12.4. The fraction of sp³-hybridized carbons (Fsp3) is 0.200. The average Bonchev–Trinajstić information content (AvgIpc) is 2.84. The van der Waals surface area contributed by atoms with Crippen molar-refractivity contribution in [2.75, 3.05) is 10.6 Å². The van der Waals surface area contributed by atoms with Gasteiger partial charge in [-0.1, -0.05) is 41.4 Å². The Morgan fingerprint density at radius 1 is 1.08 bits per heavy atom. The van der Waals surface area contributed by atoms with Gasteiger partial charge in [0.2, 0.25) is 0 Å². The van der Waals surface area contributed by atoms with Crippen LogP contribution in [0.5, 0.6) is 0 Å². The van der Waals surface area contributed by atoms with Gasteiger partial charge in [0.25, 0.3) is 0 Å². The number of hydrogen-bond acceptors (Lipinski definition) is 2. The second-order valence-corrected chi connectivity index (χ2v) is 6.71. The van der Waals surface area contributed by atoms with Crippen molar-refractivity contribution in [1.29, 1.82) is 0 Å². The van der Waals surface area contributed by atoms with E-state index in [-0.39, 0.29) is 6.03 Å². The van der Waals surface area contributed by atoms with Crippen LogP contribution in [0.25, 0.3) is 0 Å². The molecule has 1 heterocycles. The van der Waals surface area contributed by atoms with Gasteiger partial charge in [0.1, 0.15) is 0 Å². The van der Waals surface area contributed by atoms with E-state index in [9.17, 15) is 4.79 Å². The first-order valence-corrected chi connectivity index (χ1v) is 8.73. The van der Waals surface area contributed by atoms with Crippen LogP contribution in [0.15, 0.2) is 48.5 Å². The molecule has 0 radical (unpaired) electrons. The summed E-state index contributed by atoms with van der Waals surface area (Å²) in [5.41, 5.74) is 5.48. The molecule has 0 saturated heterocycles. The van der Waals surface area contributed by atoms with Crippen LogP contribution in [-0.2, 0) is 6.54 Å². The van der Waals surface area contributed by atoms with Crippen LogP contribution in [0.2, 0.25) is 5.02 Å². The second-order valence-electron chi connectivity index (χ2n) is 6.28. The maximum atomic E-state index is 12.3. The van der Waals surface area contributed by atoms with Crippen molar-refractivity contribution in [3.8, 4) is 0 Å². The molecular weight excluding hydrogens is 348 g/mol. The number of anilines is 2. The Balaban J connectivity index is 1.73. The van der Waals surface area contributed by atoms with Gasteiger partial charge in [0.05, 0.1) is 23.6 Å². The average molecular weight is 369 g/mol. The molecule has 0 fully saturated rings. The van der Waals surface area contributed by atoms with E-state index in [0.29, 0.717) is 17.3 Å². The number of nitrogens with zero attached hydrogens (tertiary/aromatic N) is 2. The predicted molar refractivity (Wildman–Crippen MR) is 106 cm³/mol. The van der Waals surface area contributed by atoms with Crippen LogP contribution in [0.4, 0.5) is 16.2 Å². The van der Waals surface area contributed by atoms with Gasteiger partial charge in [0.15, 0.2) is 0 Å². The molecule has 0 atom stereocenters. The largest absolute Gasteiger partial charge is 0.323 e. The molecule has 0 saturated carbocycles. The lowest BCUT2D eigenvalue weighted by Gasteiger charge is -2.09. The van der Waals surface area contributed by atoms with Crippen molar-refractivity contribution in [2.45, 2.75) is 27.3 Å². The number of benzene rings is 2. The van der Waals surface area contributed by atoms with Crippen molar-refractivity contribution < 1.29 is 4.79 Å². The van der Waals surface area contributed by atoms with E-state index in [2.05, 4.69) is 40.9 Å². The maximum Gasteiger partial charge on any atom is 0.323 e. The SMILES string of the molecule is Cc1cccc(Cn2nc(C)c(NC(=O)Nc3ccc(Cl)cc3)c2C)c1. The Morgan fingerprint density at radius 3 is 2.50 bits per heavy atom. The third-order valence-corrected chi connectivity index (χ3v) is 4.39. The van der Waals surface area contributed by atoms with Crippen LogP contribution in [0.1, 0.15) is 22.5 Å². The van der Waals surface area contributed by atoms with Gasteiger partial charge >= 0.3 is 6.03 Å². The molecule has 2 aromatic carbocycles. The maximum absolute atomic E-state index is 12.3. The fourth-order valence-electron chi connectivity index (χ4n) is 2.82. The summed E-state index contributed by atoms with van der Waals surface area (Å²) in [7, 11) is 0. The highest BCUT2D eigenvalue weighted by Crippen LogP contribution is 2.21. The molecule has 3 aromatic rings. The number of aryl methyl sites for hydroxylation is 2. The van der Waals surface area contributed by atoms with Crippen molar-refractivity contribution in [3.63, 3.8) is 0 Å². The molecule has 2 N–H and O–H groups in total. The van der Waals surface area contributed by atoms with E-state index in [0.717, 1.165) is 17.1 Å². The van der Waals surface area contributed by atoms with E-state index in [4.69, 9.17) is 11.6 Å². The number of aromatic nitrogens is 2. The van der Waals surface area contributed by atoms with E-state index >= 15 is 0 Å². The molecule has 0 spiro atoms. The monoisotopic (exact) mass is 368 g/mol. The lowest BCUT2D eigenvalue weighted by Crippen LogP contribution is -2.20. The van der Waals surface area contributed by atoms with Crippen LogP contribution in [0, 0.1) is 20.8 Å². The highest BCUT2D eigenvalue weighted by atomic mass is 35.5. The number of hydrogen-bond donors (Lipinski definition) is 2. The van der Waals surface area contributed by atoms with Crippen molar-refractivity contribution >= 4 is 29.0 Å². The lowest BCUT2D eigenvalue weighted by atomic mass is 10.1. The van der Waals surface area contributed by atoms with Crippen molar-refractivity contribution in [3.05, 3.63) is 76.1 Å². The van der Waals surface area contributed by atoms with Gasteiger partial charge in [-0.2, -0.15) is 5.10 Å². The molecule has 1 aromatic heterocycles. The molecular formula is C20H21ClN4O. The summed E-state index contributed by atoms with van der Waals surface area (Å²) < 4.78 is 1.90. The fourth-order valence-corrected chi connectivity index (χ4v) is 2.95. The van der Waals surface area contributed by atoms with E-state index in [1.165, 1.54) is 11.1 Å². The number of carbonyl (C=O) groups is 1. The quantitative estimate of drug-likeness (QED) is 0.668. The lowest BCUT2D eigenvalue weighted by molar-refractivity contribution is 0.262. The predicted octanol–water partition coefficient (Wildman–Crippen LogP) is 5.15. The number of rotatable bonds is 4. The van der Waals surface area contributed by atoms with Crippen LogP contribution < -0.4 is 10.6 Å². The number of carbonyl (C=O) groups excluding carboxylic acids is 1. The van der Waals surface area contributed by atoms with Gasteiger partial charge < -0.3 is 10.6 Å². The number of urea groups is 1. The second kappa shape index (κ2) is 7.62. The minimum atomic E-state index is -0.311. The summed E-state index contributed by atoms with van der Waals surface area (Å²) >= 11 is 5.86. The minimum Gasteiger partial charge on any atom is -0.308 e. The summed E-state index contributed by atoms with van der Waals surface area (Å²) in [4.78, 5) is 12.3. The zero-order valence-corrected chi connectivity index (χ0v) is 15.8. The molecule has 2 amide bonds. The summed E-state index contributed by atoms with van der Waals surface area (Å²) in [5.74, 6) is 0. The Kier molecular flexibility index (Phi) is 5.28. The normalized spacial score (nSPS) is 10.6. The number of halogens is 1. The van der Waals surface area contributed by atoms with Crippen LogP contribution in [0.3, 0.4) is 0 Å².